The zero-order chi connectivity index (χ0) is 20.7. The number of aromatic amines is 2. The molecule has 0 aliphatic carbocycles. The third kappa shape index (κ3) is 2.86. The van der Waals surface area contributed by atoms with Gasteiger partial charge >= 0.3 is 0 Å². The van der Waals surface area contributed by atoms with Gasteiger partial charge in [-0.25, -0.2) is 0 Å². The third-order valence-electron chi connectivity index (χ3n) is 5.49. The molecular weight excluding hydrogens is 378 g/mol. The van der Waals surface area contributed by atoms with Crippen LogP contribution in [0.1, 0.15) is 27.4 Å². The highest BCUT2D eigenvalue weighted by Crippen LogP contribution is 2.37. The molecule has 146 valence electrons. The maximum atomic E-state index is 13.7. The fourth-order valence-electron chi connectivity index (χ4n) is 4.03. The minimum atomic E-state index is -0.557. The molecule has 2 aromatic heterocycles. The number of aromatic nitrogens is 2. The van der Waals surface area contributed by atoms with E-state index >= 15 is 0 Å². The fraction of sp³-hybridized carbons (Fsp3) is 0.0417. The minimum absolute atomic E-state index is 0.0395. The number of rotatable bonds is 5. The molecule has 0 bridgehead atoms. The van der Waals surface area contributed by atoms with E-state index in [2.05, 4.69) is 9.97 Å². The minimum Gasteiger partial charge on any atom is -0.361 e. The van der Waals surface area contributed by atoms with Crippen molar-refractivity contribution in [2.45, 2.75) is 5.92 Å². The van der Waals surface area contributed by atoms with Crippen LogP contribution in [0.5, 0.6) is 0 Å². The molecule has 0 atom stereocenters. The Hall–Kier alpha value is -4.19. The number of hydrogen-bond acceptors (Lipinski definition) is 3. The monoisotopic (exact) mass is 395 g/mol. The molecule has 0 radical (unpaired) electrons. The summed E-state index contributed by atoms with van der Waals surface area (Å²) >= 11 is 0. The molecule has 0 saturated heterocycles. The van der Waals surface area contributed by atoms with Crippen LogP contribution in [0.3, 0.4) is 0 Å². The van der Waals surface area contributed by atoms with Crippen molar-refractivity contribution in [2.75, 3.05) is 0 Å². The predicted octanol–water partition coefficient (Wildman–Crippen LogP) is 5.57. The van der Waals surface area contributed by atoms with Crippen molar-refractivity contribution in [1.29, 1.82) is 0 Å². The number of nitrogens with one attached hydrogen (secondary N) is 2. The first-order valence-corrected chi connectivity index (χ1v) is 9.54. The van der Waals surface area contributed by atoms with Crippen molar-refractivity contribution >= 4 is 33.3 Å². The lowest BCUT2D eigenvalue weighted by Gasteiger charge is -2.16. The van der Waals surface area contributed by atoms with Crippen molar-refractivity contribution in [2.24, 2.45) is 0 Å². The summed E-state index contributed by atoms with van der Waals surface area (Å²) < 4.78 is 0. The first-order valence-electron chi connectivity index (χ1n) is 9.54. The summed E-state index contributed by atoms with van der Waals surface area (Å²) in [6.07, 6.45) is 3.75. The number of nitrogens with zero attached hydrogens (tertiary/aromatic N) is 1. The van der Waals surface area contributed by atoms with E-state index < -0.39 is 10.8 Å². The average molecular weight is 395 g/mol. The Morgan fingerprint density at radius 3 is 1.77 bits per heavy atom. The molecule has 5 rings (SSSR count). The van der Waals surface area contributed by atoms with Gasteiger partial charge in [0, 0.05) is 51.9 Å². The molecule has 0 spiro atoms. The van der Waals surface area contributed by atoms with E-state index in [-0.39, 0.29) is 11.5 Å². The van der Waals surface area contributed by atoms with Crippen LogP contribution in [0.15, 0.2) is 85.2 Å². The lowest BCUT2D eigenvalue weighted by Crippen LogP contribution is -2.14. The van der Waals surface area contributed by atoms with Gasteiger partial charge in [0.15, 0.2) is 5.78 Å². The highest BCUT2D eigenvalue weighted by molar-refractivity contribution is 6.07. The summed E-state index contributed by atoms with van der Waals surface area (Å²) in [5.74, 6) is -0.668. The second-order valence-corrected chi connectivity index (χ2v) is 7.18. The van der Waals surface area contributed by atoms with Crippen molar-refractivity contribution < 1.29 is 9.72 Å². The van der Waals surface area contributed by atoms with Crippen molar-refractivity contribution in [3.63, 3.8) is 0 Å². The maximum Gasteiger partial charge on any atom is 0.269 e. The molecule has 3 aromatic carbocycles. The number of H-pyrrole nitrogens is 2. The van der Waals surface area contributed by atoms with Crippen molar-refractivity contribution in [3.05, 3.63) is 112 Å². The van der Waals surface area contributed by atoms with Gasteiger partial charge in [-0.1, -0.05) is 36.4 Å². The van der Waals surface area contributed by atoms with Gasteiger partial charge in [0.1, 0.15) is 0 Å². The Balaban J connectivity index is 1.70. The number of non-ortho nitro benzene ring substituents is 1. The molecule has 0 unspecified atom stereocenters. The first-order chi connectivity index (χ1) is 14.6. The van der Waals surface area contributed by atoms with Crippen LogP contribution in [0.2, 0.25) is 0 Å². The Labute approximate surface area is 171 Å². The highest BCUT2D eigenvalue weighted by atomic mass is 16.6. The third-order valence-corrected chi connectivity index (χ3v) is 5.49. The van der Waals surface area contributed by atoms with Gasteiger partial charge in [-0.05, 0) is 35.4 Å². The highest BCUT2D eigenvalue weighted by Gasteiger charge is 2.29. The summed E-state index contributed by atoms with van der Waals surface area (Å²) in [6.45, 7) is 0. The maximum absolute atomic E-state index is 13.7. The van der Waals surface area contributed by atoms with Crippen molar-refractivity contribution in [3.8, 4) is 0 Å². The Kier molecular flexibility index (Phi) is 4.17. The molecule has 30 heavy (non-hydrogen) atoms. The quantitative estimate of drug-likeness (QED) is 0.231. The summed E-state index contributed by atoms with van der Waals surface area (Å²) in [5.41, 5.74) is 4.04. The molecule has 0 fully saturated rings. The topological polar surface area (TPSA) is 91.8 Å². The molecule has 6 heteroatoms. The first kappa shape index (κ1) is 17.9. The van der Waals surface area contributed by atoms with E-state index in [1.54, 1.807) is 0 Å². The normalized spacial score (nSPS) is 11.4. The number of nitro benzene ring substituents is 1. The van der Waals surface area contributed by atoms with Crippen LogP contribution in [-0.4, -0.2) is 20.7 Å². The largest absolute Gasteiger partial charge is 0.361 e. The van der Waals surface area contributed by atoms with E-state index in [1.165, 1.54) is 24.3 Å². The van der Waals surface area contributed by atoms with Gasteiger partial charge in [0.25, 0.3) is 5.69 Å². The van der Waals surface area contributed by atoms with E-state index in [1.807, 2.05) is 60.9 Å². The van der Waals surface area contributed by atoms with Crippen LogP contribution >= 0.6 is 0 Å². The van der Waals surface area contributed by atoms with Gasteiger partial charge in [0.05, 0.1) is 10.8 Å². The van der Waals surface area contributed by atoms with Gasteiger partial charge in [0.2, 0.25) is 0 Å². The van der Waals surface area contributed by atoms with Gasteiger partial charge < -0.3 is 9.97 Å². The second-order valence-electron chi connectivity index (χ2n) is 7.18. The number of Topliss-reactive ketones (excluding diaryl/α,β-unsaturated/α-hetero) is 1. The number of fused-ring (bicyclic) bond motifs is 2. The van der Waals surface area contributed by atoms with E-state index in [4.69, 9.17) is 0 Å². The Bertz CT molecular complexity index is 1320. The van der Waals surface area contributed by atoms with Crippen LogP contribution in [-0.2, 0) is 0 Å². The zero-order valence-corrected chi connectivity index (χ0v) is 15.8. The van der Waals surface area contributed by atoms with Crippen LogP contribution in [0.25, 0.3) is 21.8 Å². The number of carbonyl (C=O) groups is 1. The Morgan fingerprint density at radius 2 is 1.27 bits per heavy atom. The molecule has 5 aromatic rings. The molecular formula is C24H17N3O3. The van der Waals surface area contributed by atoms with Crippen LogP contribution < -0.4 is 0 Å². The fourth-order valence-corrected chi connectivity index (χ4v) is 4.03. The van der Waals surface area contributed by atoms with Gasteiger partial charge in [-0.2, -0.15) is 0 Å². The molecule has 2 heterocycles. The summed E-state index contributed by atoms with van der Waals surface area (Å²) in [6, 6.07) is 21.5. The van der Waals surface area contributed by atoms with Crippen LogP contribution in [0, 0.1) is 10.1 Å². The summed E-state index contributed by atoms with van der Waals surface area (Å²) in [4.78, 5) is 30.8. The molecule has 0 saturated carbocycles. The number of hydrogen-bond donors (Lipinski definition) is 2. The standard InChI is InChI=1S/C24H17N3O3/c28-24(15-9-11-16(12-10-15)27(29)30)23(19-13-25-21-7-3-1-5-17(19)21)20-14-26-22-8-4-2-6-18(20)22/h1-14,23,25-26H. The second kappa shape index (κ2) is 7.00. The lowest BCUT2D eigenvalue weighted by molar-refractivity contribution is -0.384. The summed E-state index contributed by atoms with van der Waals surface area (Å²) in [5, 5.41) is 12.9. The molecule has 2 N–H and O–H groups in total. The zero-order valence-electron chi connectivity index (χ0n) is 15.8. The van der Waals surface area contributed by atoms with E-state index in [0.29, 0.717) is 5.56 Å². The smallest absolute Gasteiger partial charge is 0.269 e. The molecule has 6 nitrogen and oxygen atoms in total. The number of para-hydroxylation sites is 2. The van der Waals surface area contributed by atoms with Crippen LogP contribution in [0.4, 0.5) is 5.69 Å². The van der Waals surface area contributed by atoms with E-state index in [0.717, 1.165) is 32.9 Å². The molecule has 0 amide bonds. The summed E-state index contributed by atoms with van der Waals surface area (Å²) in [7, 11) is 0. The number of nitro groups is 1. The number of carbonyl (C=O) groups excluding carboxylic acids is 1. The molecule has 0 aliphatic rings. The van der Waals surface area contributed by atoms with Gasteiger partial charge in [-0.15, -0.1) is 0 Å². The average Bonchev–Trinajstić information content (AvgIpc) is 3.39. The number of ketones is 1. The SMILES string of the molecule is O=C(c1ccc([N+](=O)[O-])cc1)C(c1c[nH]c2ccccc12)c1c[nH]c2ccccc12. The Morgan fingerprint density at radius 1 is 0.767 bits per heavy atom. The lowest BCUT2D eigenvalue weighted by atomic mass is 9.84. The van der Waals surface area contributed by atoms with E-state index in [9.17, 15) is 14.9 Å². The van der Waals surface area contributed by atoms with Gasteiger partial charge in [-0.3, -0.25) is 14.9 Å². The predicted molar refractivity (Wildman–Crippen MR) is 116 cm³/mol. The molecule has 0 aliphatic heterocycles. The van der Waals surface area contributed by atoms with Crippen molar-refractivity contribution in [1.82, 2.24) is 9.97 Å². The number of benzene rings is 3.